The second-order valence-corrected chi connectivity index (χ2v) is 7.26. The molecule has 1 unspecified atom stereocenters. The first-order valence-electron chi connectivity index (χ1n) is 8.15. The highest BCUT2D eigenvalue weighted by atomic mass is 35.5. The van der Waals surface area contributed by atoms with Gasteiger partial charge in [-0.3, -0.25) is 4.79 Å². The van der Waals surface area contributed by atoms with Crippen LogP contribution in [0.5, 0.6) is 0 Å². The molecule has 0 aromatic heterocycles. The summed E-state index contributed by atoms with van der Waals surface area (Å²) >= 11 is 2.05. The summed E-state index contributed by atoms with van der Waals surface area (Å²) in [6, 6.07) is 8.17. The van der Waals surface area contributed by atoms with Crippen molar-refractivity contribution in [3.8, 4) is 0 Å². The predicted octanol–water partition coefficient (Wildman–Crippen LogP) is 3.21. The number of amides is 1. The summed E-state index contributed by atoms with van der Waals surface area (Å²) in [5, 5.41) is 6.96. The Balaban J connectivity index is 0.00000192. The molecule has 128 valence electrons. The number of carbonyl (C=O) groups excluding carboxylic acids is 1. The molecular formula is C17H25ClN2O2S. The number of thioether (sulfide) groups is 1. The van der Waals surface area contributed by atoms with Gasteiger partial charge in [0.2, 0.25) is 0 Å². The zero-order valence-corrected chi connectivity index (χ0v) is 14.9. The van der Waals surface area contributed by atoms with E-state index in [1.54, 1.807) is 0 Å². The largest absolute Gasteiger partial charge is 0.366 e. The van der Waals surface area contributed by atoms with Gasteiger partial charge in [0.15, 0.2) is 0 Å². The molecule has 1 aromatic carbocycles. The van der Waals surface area contributed by atoms with Crippen molar-refractivity contribution in [1.29, 1.82) is 0 Å². The van der Waals surface area contributed by atoms with Gasteiger partial charge >= 0.3 is 0 Å². The Morgan fingerprint density at radius 1 is 1.35 bits per heavy atom. The summed E-state index contributed by atoms with van der Waals surface area (Å²) in [6.07, 6.45) is 5.08. The quantitative estimate of drug-likeness (QED) is 0.850. The highest BCUT2D eigenvalue weighted by Crippen LogP contribution is 2.31. The van der Waals surface area contributed by atoms with Gasteiger partial charge in [-0.15, -0.1) is 12.4 Å². The summed E-state index contributed by atoms with van der Waals surface area (Å²) in [7, 11) is 0. The molecule has 2 aliphatic rings. The standard InChI is InChI=1S/C17H24N2O2S.ClH/c20-17(16-11-18-8-9-21-16)19-14-5-3-4-13(10-14)12-22-15-6-1-2-7-15;/h3-5,10,15-16,18H,1-2,6-9,11-12H2,(H,19,20);1H. The van der Waals surface area contributed by atoms with E-state index >= 15 is 0 Å². The fourth-order valence-corrected chi connectivity index (χ4v) is 4.24. The first kappa shape index (κ1) is 18.6. The van der Waals surface area contributed by atoms with Crippen LogP contribution in [0.2, 0.25) is 0 Å². The van der Waals surface area contributed by atoms with Crippen LogP contribution < -0.4 is 10.6 Å². The number of hydrogen-bond acceptors (Lipinski definition) is 4. The van der Waals surface area contributed by atoms with Crippen molar-refractivity contribution in [2.24, 2.45) is 0 Å². The third-order valence-corrected chi connectivity index (χ3v) is 5.65. The van der Waals surface area contributed by atoms with E-state index in [0.717, 1.165) is 23.2 Å². The summed E-state index contributed by atoms with van der Waals surface area (Å²) in [6.45, 7) is 2.00. The molecule has 1 heterocycles. The molecule has 23 heavy (non-hydrogen) atoms. The molecule has 2 fully saturated rings. The van der Waals surface area contributed by atoms with E-state index < -0.39 is 0 Å². The second kappa shape index (κ2) is 9.52. The Morgan fingerprint density at radius 3 is 2.91 bits per heavy atom. The van der Waals surface area contributed by atoms with Crippen LogP contribution in [0.1, 0.15) is 31.2 Å². The molecule has 1 atom stereocenters. The Hall–Kier alpha value is -0.750. The lowest BCUT2D eigenvalue weighted by Gasteiger charge is -2.22. The number of hydrogen-bond donors (Lipinski definition) is 2. The summed E-state index contributed by atoms with van der Waals surface area (Å²) in [5.74, 6) is 0.961. The van der Waals surface area contributed by atoms with Crippen molar-refractivity contribution in [1.82, 2.24) is 5.32 Å². The number of nitrogens with one attached hydrogen (secondary N) is 2. The molecule has 1 aliphatic carbocycles. The molecule has 0 radical (unpaired) electrons. The number of rotatable bonds is 5. The Kier molecular flexibility index (Phi) is 7.70. The third-order valence-electron chi connectivity index (χ3n) is 4.20. The van der Waals surface area contributed by atoms with Gasteiger partial charge in [-0.2, -0.15) is 11.8 Å². The zero-order chi connectivity index (χ0) is 15.2. The highest BCUT2D eigenvalue weighted by molar-refractivity contribution is 7.99. The molecule has 3 rings (SSSR count). The summed E-state index contributed by atoms with van der Waals surface area (Å²) in [4.78, 5) is 12.2. The van der Waals surface area contributed by atoms with Gasteiger partial charge in [0.25, 0.3) is 5.91 Å². The minimum Gasteiger partial charge on any atom is -0.366 e. The molecule has 0 spiro atoms. The normalized spacial score (nSPS) is 21.7. The number of ether oxygens (including phenoxy) is 1. The number of anilines is 1. The molecule has 4 nitrogen and oxygen atoms in total. The fourth-order valence-electron chi connectivity index (χ4n) is 2.96. The minimum absolute atomic E-state index is 0. The van der Waals surface area contributed by atoms with Gasteiger partial charge in [0.1, 0.15) is 6.10 Å². The lowest BCUT2D eigenvalue weighted by atomic mass is 10.2. The SMILES string of the molecule is Cl.O=C(Nc1cccc(CSC2CCCC2)c1)C1CNCCO1. The maximum atomic E-state index is 12.2. The Morgan fingerprint density at radius 2 is 2.17 bits per heavy atom. The minimum atomic E-state index is -0.384. The molecule has 1 saturated carbocycles. The van der Waals surface area contributed by atoms with E-state index in [2.05, 4.69) is 22.8 Å². The van der Waals surface area contributed by atoms with Crippen molar-refractivity contribution >= 4 is 35.8 Å². The Labute approximate surface area is 148 Å². The predicted molar refractivity (Wildman–Crippen MR) is 98.5 cm³/mol. The van der Waals surface area contributed by atoms with Crippen LogP contribution in [-0.4, -0.2) is 37.0 Å². The smallest absolute Gasteiger partial charge is 0.254 e. The molecule has 1 amide bonds. The molecule has 2 N–H and O–H groups in total. The van der Waals surface area contributed by atoms with Gasteiger partial charge in [0, 0.05) is 29.8 Å². The average Bonchev–Trinajstić information content (AvgIpc) is 3.08. The van der Waals surface area contributed by atoms with Crippen molar-refractivity contribution in [2.45, 2.75) is 42.8 Å². The van der Waals surface area contributed by atoms with Crippen LogP contribution in [0, 0.1) is 0 Å². The molecular weight excluding hydrogens is 332 g/mol. The highest BCUT2D eigenvalue weighted by Gasteiger charge is 2.21. The zero-order valence-electron chi connectivity index (χ0n) is 13.3. The van der Waals surface area contributed by atoms with Crippen molar-refractivity contribution < 1.29 is 9.53 Å². The van der Waals surface area contributed by atoms with E-state index in [-0.39, 0.29) is 24.4 Å². The monoisotopic (exact) mass is 356 g/mol. The van der Waals surface area contributed by atoms with Crippen molar-refractivity contribution in [2.75, 3.05) is 25.0 Å². The lowest BCUT2D eigenvalue weighted by molar-refractivity contribution is -0.128. The molecule has 0 bridgehead atoms. The maximum Gasteiger partial charge on any atom is 0.254 e. The van der Waals surface area contributed by atoms with Gasteiger partial charge < -0.3 is 15.4 Å². The van der Waals surface area contributed by atoms with Crippen LogP contribution in [0.15, 0.2) is 24.3 Å². The van der Waals surface area contributed by atoms with E-state index in [0.29, 0.717) is 13.2 Å². The first-order valence-corrected chi connectivity index (χ1v) is 9.20. The van der Waals surface area contributed by atoms with Crippen LogP contribution >= 0.6 is 24.2 Å². The third kappa shape index (κ3) is 5.68. The first-order chi connectivity index (χ1) is 10.8. The number of morpholine rings is 1. The van der Waals surface area contributed by atoms with Crippen LogP contribution in [0.3, 0.4) is 0 Å². The van der Waals surface area contributed by atoms with Crippen LogP contribution in [-0.2, 0) is 15.3 Å². The van der Waals surface area contributed by atoms with E-state index in [1.165, 1.54) is 31.2 Å². The number of halogens is 1. The van der Waals surface area contributed by atoms with E-state index in [9.17, 15) is 4.79 Å². The second-order valence-electron chi connectivity index (χ2n) is 5.97. The van der Waals surface area contributed by atoms with Gasteiger partial charge in [-0.1, -0.05) is 25.0 Å². The number of carbonyl (C=O) groups is 1. The van der Waals surface area contributed by atoms with Crippen LogP contribution in [0.25, 0.3) is 0 Å². The topological polar surface area (TPSA) is 50.4 Å². The maximum absolute atomic E-state index is 12.2. The summed E-state index contributed by atoms with van der Waals surface area (Å²) < 4.78 is 5.48. The molecule has 1 aliphatic heterocycles. The molecule has 6 heteroatoms. The van der Waals surface area contributed by atoms with Gasteiger partial charge in [-0.25, -0.2) is 0 Å². The molecule has 1 aromatic rings. The lowest BCUT2D eigenvalue weighted by Crippen LogP contribution is -2.45. The molecule has 1 saturated heterocycles. The summed E-state index contributed by atoms with van der Waals surface area (Å²) in [5.41, 5.74) is 2.14. The van der Waals surface area contributed by atoms with E-state index in [4.69, 9.17) is 4.74 Å². The van der Waals surface area contributed by atoms with Crippen LogP contribution in [0.4, 0.5) is 5.69 Å². The average molecular weight is 357 g/mol. The van der Waals surface area contributed by atoms with Gasteiger partial charge in [0.05, 0.1) is 6.61 Å². The van der Waals surface area contributed by atoms with E-state index in [1.807, 2.05) is 23.9 Å². The van der Waals surface area contributed by atoms with Crippen molar-refractivity contribution in [3.63, 3.8) is 0 Å². The van der Waals surface area contributed by atoms with Gasteiger partial charge in [-0.05, 0) is 30.5 Å². The number of benzene rings is 1. The van der Waals surface area contributed by atoms with Crippen molar-refractivity contribution in [3.05, 3.63) is 29.8 Å². The Bertz CT molecular complexity index is 503. The fraction of sp³-hybridized carbons (Fsp3) is 0.588.